The maximum absolute atomic E-state index is 14.0. The molecule has 0 aliphatic heterocycles. The predicted molar refractivity (Wildman–Crippen MR) is 82.6 cm³/mol. The van der Waals surface area contributed by atoms with E-state index < -0.39 is 0 Å². The largest absolute Gasteiger partial charge is 0.385 e. The number of hydrogen-bond donors (Lipinski definition) is 1. The van der Waals surface area contributed by atoms with E-state index in [-0.39, 0.29) is 5.82 Å². The number of unbranched alkanes of at least 4 members (excludes halogenated alkanes) is 3. The van der Waals surface area contributed by atoms with E-state index in [2.05, 4.69) is 26.1 Å². The van der Waals surface area contributed by atoms with Crippen molar-refractivity contribution in [3.8, 4) is 0 Å². The molecule has 0 amide bonds. The Labute approximate surface area is 117 Å². The first-order valence-corrected chi connectivity index (χ1v) is 7.32. The molecule has 0 spiro atoms. The minimum atomic E-state index is -0.158. The van der Waals surface area contributed by atoms with Gasteiger partial charge in [-0.1, -0.05) is 26.2 Å². The van der Waals surface area contributed by atoms with Gasteiger partial charge in [0.15, 0.2) is 0 Å². The van der Waals surface area contributed by atoms with Crippen LogP contribution in [0.4, 0.5) is 15.8 Å². The van der Waals surface area contributed by atoms with Crippen LogP contribution in [0.15, 0.2) is 18.2 Å². The molecule has 0 atom stereocenters. The average Bonchev–Trinajstić information content (AvgIpc) is 2.38. The Morgan fingerprint density at radius 3 is 2.53 bits per heavy atom. The lowest BCUT2D eigenvalue weighted by molar-refractivity contribution is 0.614. The summed E-state index contributed by atoms with van der Waals surface area (Å²) in [6, 6.07) is 5.69. The quantitative estimate of drug-likeness (QED) is 0.688. The van der Waals surface area contributed by atoms with Crippen LogP contribution in [0.2, 0.25) is 0 Å². The van der Waals surface area contributed by atoms with Crippen molar-refractivity contribution >= 4 is 11.4 Å². The van der Waals surface area contributed by atoms with Crippen molar-refractivity contribution in [2.75, 3.05) is 23.8 Å². The molecular weight excluding hydrogens is 239 g/mol. The molecule has 0 aromatic heterocycles. The molecule has 3 heteroatoms. The van der Waals surface area contributed by atoms with Gasteiger partial charge in [-0.2, -0.15) is 0 Å². The lowest BCUT2D eigenvalue weighted by atomic mass is 10.2. The number of nitrogens with zero attached hydrogens (tertiary/aromatic N) is 1. The van der Waals surface area contributed by atoms with Gasteiger partial charge in [-0.15, -0.1) is 0 Å². The first-order chi connectivity index (χ1) is 9.06. The fraction of sp³-hybridized carbons (Fsp3) is 0.625. The zero-order valence-corrected chi connectivity index (χ0v) is 12.7. The van der Waals surface area contributed by atoms with Gasteiger partial charge in [0, 0.05) is 25.3 Å². The average molecular weight is 266 g/mol. The predicted octanol–water partition coefficient (Wildman–Crippen LogP) is 4.66. The SMILES string of the molecule is CCCCCCNc1ccc(N(C)C(C)C)c(F)c1. The molecule has 1 aromatic carbocycles. The van der Waals surface area contributed by atoms with Gasteiger partial charge in [0.25, 0.3) is 0 Å². The molecule has 108 valence electrons. The standard InChI is InChI=1S/C16H27FN2/c1-5-6-7-8-11-18-14-9-10-16(15(17)12-14)19(4)13(2)3/h9-10,12-13,18H,5-8,11H2,1-4H3. The van der Waals surface area contributed by atoms with Crippen LogP contribution in [0.1, 0.15) is 46.5 Å². The number of rotatable bonds is 8. The summed E-state index contributed by atoms with van der Waals surface area (Å²) in [5.74, 6) is -0.158. The van der Waals surface area contributed by atoms with E-state index in [1.54, 1.807) is 6.07 Å². The van der Waals surface area contributed by atoms with Crippen LogP contribution in [-0.4, -0.2) is 19.6 Å². The summed E-state index contributed by atoms with van der Waals surface area (Å²) in [5, 5.41) is 3.28. The van der Waals surface area contributed by atoms with Crippen molar-refractivity contribution in [2.45, 2.75) is 52.5 Å². The summed E-state index contributed by atoms with van der Waals surface area (Å²) in [4.78, 5) is 1.94. The third kappa shape index (κ3) is 5.09. The van der Waals surface area contributed by atoms with Gasteiger partial charge in [0.05, 0.1) is 5.69 Å². The molecule has 0 fully saturated rings. The van der Waals surface area contributed by atoms with E-state index in [4.69, 9.17) is 0 Å². The van der Waals surface area contributed by atoms with Crippen molar-refractivity contribution in [3.05, 3.63) is 24.0 Å². The topological polar surface area (TPSA) is 15.3 Å². The highest BCUT2D eigenvalue weighted by molar-refractivity contribution is 5.56. The van der Waals surface area contributed by atoms with E-state index in [1.165, 1.54) is 19.3 Å². The zero-order chi connectivity index (χ0) is 14.3. The third-order valence-electron chi connectivity index (χ3n) is 3.46. The normalized spacial score (nSPS) is 10.8. The molecule has 0 bridgehead atoms. The van der Waals surface area contributed by atoms with Crippen LogP contribution >= 0.6 is 0 Å². The van der Waals surface area contributed by atoms with Crippen molar-refractivity contribution in [2.24, 2.45) is 0 Å². The van der Waals surface area contributed by atoms with Crippen molar-refractivity contribution in [3.63, 3.8) is 0 Å². The van der Waals surface area contributed by atoms with Gasteiger partial charge in [-0.25, -0.2) is 4.39 Å². The van der Waals surface area contributed by atoms with Crippen molar-refractivity contribution in [1.29, 1.82) is 0 Å². The Hall–Kier alpha value is -1.25. The van der Waals surface area contributed by atoms with E-state index in [0.717, 1.165) is 18.7 Å². The van der Waals surface area contributed by atoms with Crippen LogP contribution in [0, 0.1) is 5.82 Å². The Bertz CT molecular complexity index is 377. The highest BCUT2D eigenvalue weighted by atomic mass is 19.1. The second-order valence-corrected chi connectivity index (χ2v) is 5.36. The van der Waals surface area contributed by atoms with Gasteiger partial charge in [0.2, 0.25) is 0 Å². The maximum atomic E-state index is 14.0. The summed E-state index contributed by atoms with van der Waals surface area (Å²) in [7, 11) is 1.92. The highest BCUT2D eigenvalue weighted by Gasteiger charge is 2.10. The fourth-order valence-corrected chi connectivity index (χ4v) is 1.97. The number of nitrogens with one attached hydrogen (secondary N) is 1. The minimum Gasteiger partial charge on any atom is -0.385 e. The van der Waals surface area contributed by atoms with Gasteiger partial charge < -0.3 is 10.2 Å². The molecule has 0 unspecified atom stereocenters. The monoisotopic (exact) mass is 266 g/mol. The Morgan fingerprint density at radius 1 is 1.21 bits per heavy atom. The lowest BCUT2D eigenvalue weighted by Crippen LogP contribution is -2.26. The Kier molecular flexibility index (Phi) is 6.68. The van der Waals surface area contributed by atoms with Crippen molar-refractivity contribution in [1.82, 2.24) is 0 Å². The number of hydrogen-bond acceptors (Lipinski definition) is 2. The molecule has 1 aromatic rings. The molecule has 0 saturated carbocycles. The van der Waals surface area contributed by atoms with E-state index >= 15 is 0 Å². The first-order valence-electron chi connectivity index (χ1n) is 7.32. The zero-order valence-electron chi connectivity index (χ0n) is 12.7. The van der Waals surface area contributed by atoms with Gasteiger partial charge >= 0.3 is 0 Å². The van der Waals surface area contributed by atoms with Gasteiger partial charge in [-0.05, 0) is 38.5 Å². The van der Waals surface area contributed by atoms with E-state index in [0.29, 0.717) is 11.7 Å². The molecule has 0 aliphatic rings. The first kappa shape index (κ1) is 15.8. The van der Waals surface area contributed by atoms with Crippen LogP contribution in [0.25, 0.3) is 0 Å². The van der Waals surface area contributed by atoms with Crippen molar-refractivity contribution < 1.29 is 4.39 Å². The summed E-state index contributed by atoms with van der Waals surface area (Å²) in [6.45, 7) is 7.23. The highest BCUT2D eigenvalue weighted by Crippen LogP contribution is 2.23. The minimum absolute atomic E-state index is 0.158. The summed E-state index contributed by atoms with van der Waals surface area (Å²) in [6.07, 6.45) is 4.89. The van der Waals surface area contributed by atoms with E-state index in [1.807, 2.05) is 24.1 Å². The molecule has 2 nitrogen and oxygen atoms in total. The molecule has 0 radical (unpaired) electrons. The van der Waals surface area contributed by atoms with Gasteiger partial charge in [0.1, 0.15) is 5.82 Å². The Balaban J connectivity index is 2.52. The number of anilines is 2. The van der Waals surface area contributed by atoms with Crippen LogP contribution < -0.4 is 10.2 Å². The smallest absolute Gasteiger partial charge is 0.148 e. The summed E-state index contributed by atoms with van der Waals surface area (Å²) in [5.41, 5.74) is 1.53. The summed E-state index contributed by atoms with van der Waals surface area (Å²) >= 11 is 0. The molecule has 0 saturated heterocycles. The lowest BCUT2D eigenvalue weighted by Gasteiger charge is -2.24. The van der Waals surface area contributed by atoms with Crippen LogP contribution in [0.3, 0.4) is 0 Å². The third-order valence-corrected chi connectivity index (χ3v) is 3.46. The molecule has 0 aliphatic carbocycles. The molecule has 1 rings (SSSR count). The fourth-order valence-electron chi connectivity index (χ4n) is 1.97. The van der Waals surface area contributed by atoms with Crippen LogP contribution in [-0.2, 0) is 0 Å². The number of halogens is 1. The van der Waals surface area contributed by atoms with Gasteiger partial charge in [-0.3, -0.25) is 0 Å². The second kappa shape index (κ2) is 8.03. The van der Waals surface area contributed by atoms with E-state index in [9.17, 15) is 4.39 Å². The molecule has 1 N–H and O–H groups in total. The molecule has 19 heavy (non-hydrogen) atoms. The Morgan fingerprint density at radius 2 is 1.95 bits per heavy atom. The molecular formula is C16H27FN2. The summed E-state index contributed by atoms with van der Waals surface area (Å²) < 4.78 is 14.0. The maximum Gasteiger partial charge on any atom is 0.148 e. The second-order valence-electron chi connectivity index (χ2n) is 5.36. The molecule has 0 heterocycles. The number of benzene rings is 1. The van der Waals surface area contributed by atoms with Crippen LogP contribution in [0.5, 0.6) is 0 Å².